The molecule has 0 aliphatic rings. The van der Waals surface area contributed by atoms with Crippen LogP contribution in [0.5, 0.6) is 0 Å². The van der Waals surface area contributed by atoms with Gasteiger partial charge in [-0.15, -0.1) is 6.58 Å². The van der Waals surface area contributed by atoms with Crippen LogP contribution in [0.1, 0.15) is 5.89 Å². The van der Waals surface area contributed by atoms with Crippen molar-refractivity contribution in [2.75, 3.05) is 6.54 Å². The molecule has 0 radical (unpaired) electrons. The number of hydrogen-bond acceptors (Lipinski definition) is 4. The molecule has 0 spiro atoms. The van der Waals surface area contributed by atoms with Crippen LogP contribution >= 0.6 is 0 Å². The van der Waals surface area contributed by atoms with Crippen LogP contribution in [0.3, 0.4) is 0 Å². The van der Waals surface area contributed by atoms with Gasteiger partial charge in [0.15, 0.2) is 17.5 Å². The molecule has 0 amide bonds. The van der Waals surface area contributed by atoms with Gasteiger partial charge in [-0.05, 0) is 12.1 Å². The molecule has 2 rings (SSSR count). The summed E-state index contributed by atoms with van der Waals surface area (Å²) in [5.74, 6) is -3.88. The smallest absolute Gasteiger partial charge is 0.240 e. The van der Waals surface area contributed by atoms with Gasteiger partial charge in [-0.3, -0.25) is 0 Å². The Labute approximate surface area is 106 Å². The van der Waals surface area contributed by atoms with Crippen LogP contribution in [-0.2, 0) is 6.54 Å². The zero-order valence-corrected chi connectivity index (χ0v) is 9.79. The van der Waals surface area contributed by atoms with Crippen molar-refractivity contribution in [3.05, 3.63) is 48.1 Å². The molecule has 0 saturated carbocycles. The van der Waals surface area contributed by atoms with Gasteiger partial charge in [0.25, 0.3) is 0 Å². The Bertz CT molecular complexity index is 575. The molecule has 19 heavy (non-hydrogen) atoms. The summed E-state index contributed by atoms with van der Waals surface area (Å²) in [6, 6.07) is 1.62. The average molecular weight is 269 g/mol. The summed E-state index contributed by atoms with van der Waals surface area (Å²) in [4.78, 5) is 3.93. The number of rotatable bonds is 5. The van der Waals surface area contributed by atoms with E-state index in [1.54, 1.807) is 6.08 Å². The zero-order chi connectivity index (χ0) is 13.8. The SMILES string of the molecule is C=CCNCc1nc(-c2cc(F)c(F)c(F)c2)no1. The molecule has 1 heterocycles. The molecule has 0 saturated heterocycles. The predicted octanol–water partition coefficient (Wildman–Crippen LogP) is 2.43. The molecular weight excluding hydrogens is 259 g/mol. The topological polar surface area (TPSA) is 51.0 Å². The van der Waals surface area contributed by atoms with Crippen molar-refractivity contribution < 1.29 is 17.7 Å². The first-order chi connectivity index (χ1) is 9.11. The second-order valence-corrected chi connectivity index (χ2v) is 3.69. The monoisotopic (exact) mass is 269 g/mol. The van der Waals surface area contributed by atoms with E-state index in [4.69, 9.17) is 4.52 Å². The standard InChI is InChI=1S/C12H10F3N3O/c1-2-3-16-6-10-17-12(18-19-10)7-4-8(13)11(15)9(14)5-7/h2,4-5,16H,1,3,6H2. The highest BCUT2D eigenvalue weighted by atomic mass is 19.2. The molecule has 0 aliphatic heterocycles. The maximum absolute atomic E-state index is 13.1. The fraction of sp³-hybridized carbons (Fsp3) is 0.167. The Morgan fingerprint density at radius 1 is 1.26 bits per heavy atom. The van der Waals surface area contributed by atoms with Gasteiger partial charge >= 0.3 is 0 Å². The van der Waals surface area contributed by atoms with Crippen molar-refractivity contribution in [2.45, 2.75) is 6.54 Å². The van der Waals surface area contributed by atoms with Gasteiger partial charge in [0.2, 0.25) is 11.7 Å². The summed E-state index contributed by atoms with van der Waals surface area (Å²) in [5.41, 5.74) is 0.00937. The van der Waals surface area contributed by atoms with E-state index in [0.717, 1.165) is 12.1 Å². The highest BCUT2D eigenvalue weighted by molar-refractivity contribution is 5.54. The van der Waals surface area contributed by atoms with E-state index in [0.29, 0.717) is 13.1 Å². The number of nitrogens with zero attached hydrogens (tertiary/aromatic N) is 2. The van der Waals surface area contributed by atoms with Crippen LogP contribution in [0.4, 0.5) is 13.2 Å². The Hall–Kier alpha value is -2.15. The third-order valence-electron chi connectivity index (χ3n) is 2.28. The van der Waals surface area contributed by atoms with Crippen LogP contribution in [0, 0.1) is 17.5 Å². The van der Waals surface area contributed by atoms with Gasteiger partial charge < -0.3 is 9.84 Å². The quantitative estimate of drug-likeness (QED) is 0.514. The highest BCUT2D eigenvalue weighted by Crippen LogP contribution is 2.21. The van der Waals surface area contributed by atoms with E-state index >= 15 is 0 Å². The van der Waals surface area contributed by atoms with Crippen molar-refractivity contribution in [1.29, 1.82) is 0 Å². The summed E-state index contributed by atoms with van der Waals surface area (Å²) >= 11 is 0. The minimum Gasteiger partial charge on any atom is -0.338 e. The summed E-state index contributed by atoms with van der Waals surface area (Å²) < 4.78 is 43.8. The van der Waals surface area contributed by atoms with E-state index in [2.05, 4.69) is 22.0 Å². The molecule has 0 fully saturated rings. The first kappa shape index (κ1) is 13.3. The van der Waals surface area contributed by atoms with Gasteiger partial charge in [0, 0.05) is 12.1 Å². The van der Waals surface area contributed by atoms with Crippen LogP contribution < -0.4 is 5.32 Å². The Kier molecular flexibility index (Phi) is 3.96. The number of hydrogen-bond donors (Lipinski definition) is 1. The van der Waals surface area contributed by atoms with E-state index < -0.39 is 17.5 Å². The van der Waals surface area contributed by atoms with E-state index in [1.165, 1.54) is 0 Å². The molecule has 1 aromatic carbocycles. The van der Waals surface area contributed by atoms with Crippen molar-refractivity contribution in [1.82, 2.24) is 15.5 Å². The summed E-state index contributed by atoms with van der Waals surface area (Å²) in [5, 5.41) is 6.49. The minimum absolute atomic E-state index is 0.00629. The lowest BCUT2D eigenvalue weighted by molar-refractivity contribution is 0.370. The molecule has 0 unspecified atom stereocenters. The van der Waals surface area contributed by atoms with E-state index in [-0.39, 0.29) is 17.3 Å². The minimum atomic E-state index is -1.53. The van der Waals surface area contributed by atoms with Gasteiger partial charge in [-0.1, -0.05) is 11.2 Å². The Morgan fingerprint density at radius 2 is 1.95 bits per heavy atom. The molecule has 100 valence electrons. The Balaban J connectivity index is 2.20. The third-order valence-corrected chi connectivity index (χ3v) is 2.28. The van der Waals surface area contributed by atoms with E-state index in [9.17, 15) is 13.2 Å². The van der Waals surface area contributed by atoms with E-state index in [1.807, 2.05) is 0 Å². The number of nitrogens with one attached hydrogen (secondary N) is 1. The summed E-state index contributed by atoms with van der Waals surface area (Å²) in [7, 11) is 0. The van der Waals surface area contributed by atoms with Crippen molar-refractivity contribution in [2.24, 2.45) is 0 Å². The van der Waals surface area contributed by atoms with Gasteiger partial charge in [0.05, 0.1) is 6.54 Å². The summed E-state index contributed by atoms with van der Waals surface area (Å²) in [6.07, 6.45) is 1.65. The first-order valence-electron chi connectivity index (χ1n) is 5.41. The van der Waals surface area contributed by atoms with Gasteiger partial charge in [-0.25, -0.2) is 13.2 Å². The second-order valence-electron chi connectivity index (χ2n) is 3.69. The molecule has 7 heteroatoms. The lowest BCUT2D eigenvalue weighted by atomic mass is 10.2. The molecule has 0 bridgehead atoms. The second kappa shape index (κ2) is 5.66. The number of benzene rings is 1. The molecular formula is C12H10F3N3O. The summed E-state index contributed by atoms with van der Waals surface area (Å²) in [6.45, 7) is 4.37. The van der Waals surface area contributed by atoms with Crippen LogP contribution in [0.2, 0.25) is 0 Å². The predicted molar refractivity (Wildman–Crippen MR) is 61.5 cm³/mol. The highest BCUT2D eigenvalue weighted by Gasteiger charge is 2.15. The maximum Gasteiger partial charge on any atom is 0.240 e. The van der Waals surface area contributed by atoms with Crippen molar-refractivity contribution in [3.8, 4) is 11.4 Å². The van der Waals surface area contributed by atoms with Crippen LogP contribution in [0.25, 0.3) is 11.4 Å². The molecule has 0 aliphatic carbocycles. The molecule has 2 aromatic rings. The normalized spacial score (nSPS) is 10.7. The van der Waals surface area contributed by atoms with Gasteiger partial charge in [-0.2, -0.15) is 4.98 Å². The number of halogens is 3. The lowest BCUT2D eigenvalue weighted by Gasteiger charge is -1.98. The first-order valence-corrected chi connectivity index (χ1v) is 5.41. The molecule has 0 atom stereocenters. The Morgan fingerprint density at radius 3 is 2.58 bits per heavy atom. The van der Waals surface area contributed by atoms with Crippen LogP contribution in [-0.4, -0.2) is 16.7 Å². The fourth-order valence-electron chi connectivity index (χ4n) is 1.41. The molecule has 4 nitrogen and oxygen atoms in total. The molecule has 1 N–H and O–H groups in total. The van der Waals surface area contributed by atoms with Crippen LogP contribution in [0.15, 0.2) is 29.3 Å². The van der Waals surface area contributed by atoms with Crippen molar-refractivity contribution in [3.63, 3.8) is 0 Å². The van der Waals surface area contributed by atoms with Crippen molar-refractivity contribution >= 4 is 0 Å². The lowest BCUT2D eigenvalue weighted by Crippen LogP contribution is -2.12. The number of aromatic nitrogens is 2. The fourth-order valence-corrected chi connectivity index (χ4v) is 1.41. The average Bonchev–Trinajstić information content (AvgIpc) is 2.84. The largest absolute Gasteiger partial charge is 0.338 e. The molecule has 1 aromatic heterocycles. The maximum atomic E-state index is 13.1. The van der Waals surface area contributed by atoms with Gasteiger partial charge in [0.1, 0.15) is 0 Å². The zero-order valence-electron chi connectivity index (χ0n) is 9.79. The third kappa shape index (κ3) is 3.00.